The van der Waals surface area contributed by atoms with Crippen LogP contribution in [0.3, 0.4) is 0 Å². The van der Waals surface area contributed by atoms with E-state index in [-0.39, 0.29) is 18.1 Å². The van der Waals surface area contributed by atoms with Crippen LogP contribution in [-0.4, -0.2) is 42.0 Å². The lowest BCUT2D eigenvalue weighted by molar-refractivity contribution is -0.137. The number of carbonyl (C=O) groups is 3. The minimum Gasteiger partial charge on any atom is -0.494 e. The van der Waals surface area contributed by atoms with Crippen molar-refractivity contribution in [3.8, 4) is 5.75 Å². The third-order valence-electron chi connectivity index (χ3n) is 8.30. The molecule has 0 spiro atoms. The third-order valence-corrected chi connectivity index (χ3v) is 8.30. The van der Waals surface area contributed by atoms with E-state index in [0.717, 1.165) is 22.0 Å². The number of aliphatic carboxylic acids is 1. The van der Waals surface area contributed by atoms with Gasteiger partial charge in [0.2, 0.25) is 0 Å². The number of nitrogens with one attached hydrogen (secondary N) is 1. The first-order chi connectivity index (χ1) is 24.0. The molecule has 0 aliphatic rings. The number of hydrogen-bond acceptors (Lipinski definition) is 5. The molecule has 6 aromatic rings. The molecular formula is C42H36N2O5. The maximum Gasteiger partial charge on any atom is 0.326 e. The molecule has 2 N–H and O–H groups in total. The van der Waals surface area contributed by atoms with Gasteiger partial charge in [-0.15, -0.1) is 0 Å². The van der Waals surface area contributed by atoms with E-state index in [0.29, 0.717) is 47.7 Å². The van der Waals surface area contributed by atoms with Crippen LogP contribution in [0.4, 0.5) is 11.4 Å². The zero-order valence-corrected chi connectivity index (χ0v) is 26.9. The van der Waals surface area contributed by atoms with E-state index in [1.54, 1.807) is 53.4 Å². The second kappa shape index (κ2) is 15.6. The van der Waals surface area contributed by atoms with Crippen molar-refractivity contribution in [2.24, 2.45) is 0 Å². The number of nitrogens with zero attached hydrogens (tertiary/aromatic N) is 1. The summed E-state index contributed by atoms with van der Waals surface area (Å²) in [6.45, 7) is 0.854. The number of para-hydroxylation sites is 2. The largest absolute Gasteiger partial charge is 0.494 e. The van der Waals surface area contributed by atoms with Crippen molar-refractivity contribution in [1.29, 1.82) is 0 Å². The van der Waals surface area contributed by atoms with Crippen LogP contribution in [0.2, 0.25) is 0 Å². The minimum atomic E-state index is -1.02. The summed E-state index contributed by atoms with van der Waals surface area (Å²) in [5.41, 5.74) is 3.65. The predicted octanol–water partition coefficient (Wildman–Crippen LogP) is 8.29. The fraction of sp³-hybridized carbons (Fsp3) is 0.119. The number of benzene rings is 6. The smallest absolute Gasteiger partial charge is 0.326 e. The zero-order chi connectivity index (χ0) is 34.0. The van der Waals surface area contributed by atoms with Crippen molar-refractivity contribution >= 4 is 39.8 Å². The van der Waals surface area contributed by atoms with Crippen molar-refractivity contribution in [2.45, 2.75) is 18.9 Å². The highest BCUT2D eigenvalue weighted by molar-refractivity contribution is 6.12. The van der Waals surface area contributed by atoms with Gasteiger partial charge >= 0.3 is 5.97 Å². The second-order valence-electron chi connectivity index (χ2n) is 11.7. The summed E-state index contributed by atoms with van der Waals surface area (Å²) in [4.78, 5) is 40.9. The Kier molecular flexibility index (Phi) is 10.4. The SMILES string of the molecule is O=C(c1ccccc1)c1ccccc1N[C@@H](Cc1ccc(OCCCN(C(=O)c2ccc3ccccc3c2)c2ccccc2)cc1)C(=O)O. The number of rotatable bonds is 14. The highest BCUT2D eigenvalue weighted by Gasteiger charge is 2.22. The van der Waals surface area contributed by atoms with Gasteiger partial charge < -0.3 is 20.1 Å². The summed E-state index contributed by atoms with van der Waals surface area (Å²) in [5, 5.41) is 15.2. The van der Waals surface area contributed by atoms with E-state index >= 15 is 0 Å². The van der Waals surface area contributed by atoms with Crippen molar-refractivity contribution in [2.75, 3.05) is 23.4 Å². The summed E-state index contributed by atoms with van der Waals surface area (Å²) in [5.74, 6) is -0.632. The number of carboxylic acid groups (broad SMARTS) is 1. The third kappa shape index (κ3) is 8.21. The molecule has 0 radical (unpaired) electrons. The number of hydrogen-bond donors (Lipinski definition) is 2. The molecule has 0 saturated carbocycles. The van der Waals surface area contributed by atoms with Crippen LogP contribution in [0, 0.1) is 0 Å². The Balaban J connectivity index is 1.06. The molecule has 49 heavy (non-hydrogen) atoms. The van der Waals surface area contributed by atoms with Gasteiger partial charge in [-0.2, -0.15) is 0 Å². The number of carboxylic acids is 1. The lowest BCUT2D eigenvalue weighted by Gasteiger charge is -2.23. The molecule has 0 aliphatic heterocycles. The minimum absolute atomic E-state index is 0.0741. The average molecular weight is 649 g/mol. The molecule has 0 heterocycles. The number of fused-ring (bicyclic) bond motifs is 1. The van der Waals surface area contributed by atoms with Gasteiger partial charge in [-0.25, -0.2) is 4.79 Å². The standard InChI is InChI=1S/C42H36N2O5/c45-40(32-13-3-1-4-14-32)37-18-9-10-19-38(37)43-39(42(47)48)28-30-20-24-36(25-21-30)49-27-11-26-44(35-16-5-2-6-17-35)41(46)34-23-22-31-12-7-8-15-33(31)29-34/h1-10,12-25,29,39,43H,11,26-28H2,(H,47,48)/t39-/m0/s1. The molecule has 244 valence electrons. The second-order valence-corrected chi connectivity index (χ2v) is 11.7. The predicted molar refractivity (Wildman–Crippen MR) is 194 cm³/mol. The molecule has 0 unspecified atom stereocenters. The molecule has 7 heteroatoms. The van der Waals surface area contributed by atoms with Crippen LogP contribution in [0.1, 0.15) is 38.3 Å². The summed E-state index contributed by atoms with van der Waals surface area (Å²) in [6, 6.07) is 45.6. The first kappa shape index (κ1) is 32.7. The van der Waals surface area contributed by atoms with Crippen molar-refractivity contribution in [1.82, 2.24) is 0 Å². The first-order valence-electron chi connectivity index (χ1n) is 16.2. The maximum atomic E-state index is 13.7. The van der Waals surface area contributed by atoms with Crippen molar-refractivity contribution in [3.63, 3.8) is 0 Å². The lowest BCUT2D eigenvalue weighted by Crippen LogP contribution is -2.32. The van der Waals surface area contributed by atoms with Crippen LogP contribution in [-0.2, 0) is 11.2 Å². The molecule has 7 nitrogen and oxygen atoms in total. The summed E-state index contributed by atoms with van der Waals surface area (Å²) in [6.07, 6.45) is 0.800. The van der Waals surface area contributed by atoms with E-state index in [2.05, 4.69) is 5.32 Å². The molecule has 0 bridgehead atoms. The van der Waals surface area contributed by atoms with E-state index in [1.807, 2.05) is 103 Å². The molecule has 6 rings (SSSR count). The van der Waals surface area contributed by atoms with Gasteiger partial charge in [0.15, 0.2) is 5.78 Å². The van der Waals surface area contributed by atoms with Crippen LogP contribution < -0.4 is 15.0 Å². The normalized spacial score (nSPS) is 11.4. The maximum absolute atomic E-state index is 13.7. The van der Waals surface area contributed by atoms with Gasteiger partial charge in [0.05, 0.1) is 6.61 Å². The summed E-state index contributed by atoms with van der Waals surface area (Å²) in [7, 11) is 0. The van der Waals surface area contributed by atoms with E-state index in [1.165, 1.54) is 0 Å². The highest BCUT2D eigenvalue weighted by atomic mass is 16.5. The monoisotopic (exact) mass is 648 g/mol. The van der Waals surface area contributed by atoms with Gasteiger partial charge in [0.1, 0.15) is 11.8 Å². The Hall–Kier alpha value is -6.21. The first-order valence-corrected chi connectivity index (χ1v) is 16.2. The Bertz CT molecular complexity index is 2050. The summed E-state index contributed by atoms with van der Waals surface area (Å²) >= 11 is 0. The average Bonchev–Trinajstić information content (AvgIpc) is 3.15. The van der Waals surface area contributed by atoms with Crippen molar-refractivity contribution in [3.05, 3.63) is 174 Å². The number of ketones is 1. The van der Waals surface area contributed by atoms with E-state index < -0.39 is 12.0 Å². The van der Waals surface area contributed by atoms with Gasteiger partial charge in [0, 0.05) is 41.0 Å². The van der Waals surface area contributed by atoms with Gasteiger partial charge in [-0.05, 0) is 71.3 Å². The quantitative estimate of drug-likeness (QED) is 0.0912. The molecular weight excluding hydrogens is 612 g/mol. The zero-order valence-electron chi connectivity index (χ0n) is 26.9. The molecule has 6 aromatic carbocycles. The Morgan fingerprint density at radius 2 is 1.33 bits per heavy atom. The van der Waals surface area contributed by atoms with Crippen LogP contribution >= 0.6 is 0 Å². The molecule has 0 aliphatic carbocycles. The van der Waals surface area contributed by atoms with Gasteiger partial charge in [-0.3, -0.25) is 9.59 Å². The fourth-order valence-electron chi connectivity index (χ4n) is 5.74. The Morgan fingerprint density at radius 3 is 2.06 bits per heavy atom. The number of ether oxygens (including phenoxy) is 1. The van der Waals surface area contributed by atoms with E-state index in [4.69, 9.17) is 4.74 Å². The topological polar surface area (TPSA) is 95.9 Å². The Morgan fingerprint density at radius 1 is 0.673 bits per heavy atom. The molecule has 0 saturated heterocycles. The van der Waals surface area contributed by atoms with Gasteiger partial charge in [-0.1, -0.05) is 103 Å². The number of carbonyl (C=O) groups excluding carboxylic acids is 2. The van der Waals surface area contributed by atoms with Crippen LogP contribution in [0.5, 0.6) is 5.75 Å². The fourth-order valence-corrected chi connectivity index (χ4v) is 5.74. The van der Waals surface area contributed by atoms with Gasteiger partial charge in [0.25, 0.3) is 5.91 Å². The molecule has 1 atom stereocenters. The van der Waals surface area contributed by atoms with E-state index in [9.17, 15) is 19.5 Å². The molecule has 0 fully saturated rings. The van der Waals surface area contributed by atoms with Crippen molar-refractivity contribution < 1.29 is 24.2 Å². The van der Waals surface area contributed by atoms with Crippen LogP contribution in [0.25, 0.3) is 10.8 Å². The molecule has 0 aromatic heterocycles. The highest BCUT2D eigenvalue weighted by Crippen LogP contribution is 2.23. The molecule has 1 amide bonds. The number of anilines is 2. The number of amides is 1. The van der Waals surface area contributed by atoms with Crippen LogP contribution in [0.15, 0.2) is 152 Å². The summed E-state index contributed by atoms with van der Waals surface area (Å²) < 4.78 is 6.02. The Labute approximate surface area is 285 Å². The lowest BCUT2D eigenvalue weighted by atomic mass is 10.00.